The van der Waals surface area contributed by atoms with Crippen LogP contribution in [0.2, 0.25) is 0 Å². The number of fused-ring (bicyclic) bond motifs is 6. The molecule has 1 saturated heterocycles. The highest BCUT2D eigenvalue weighted by molar-refractivity contribution is 5.41. The Kier molecular flexibility index (Phi) is 3.36. The third kappa shape index (κ3) is 1.99. The van der Waals surface area contributed by atoms with Crippen molar-refractivity contribution in [1.82, 2.24) is 0 Å². The van der Waals surface area contributed by atoms with Crippen LogP contribution in [0.25, 0.3) is 0 Å². The lowest BCUT2D eigenvalue weighted by atomic mass is 9.51. The molecule has 3 fully saturated rings. The van der Waals surface area contributed by atoms with E-state index >= 15 is 0 Å². The number of benzene rings is 1. The quantitative estimate of drug-likeness (QED) is 0.759. The minimum Gasteiger partial charge on any atom is -0.508 e. The maximum Gasteiger partial charge on any atom is 0.174 e. The lowest BCUT2D eigenvalue weighted by molar-refractivity contribution is -0.248. The van der Waals surface area contributed by atoms with E-state index in [1.54, 1.807) is 6.07 Å². The lowest BCUT2D eigenvalue weighted by Gasteiger charge is -2.56. The molecular weight excluding hydrogens is 316 g/mol. The van der Waals surface area contributed by atoms with E-state index in [1.807, 2.05) is 12.1 Å². The number of phenolic OH excluding ortho intramolecular Hbond substituents is 1. The molecule has 1 spiro atoms. The first-order valence-electron chi connectivity index (χ1n) is 9.73. The molecule has 136 valence electrons. The van der Waals surface area contributed by atoms with Gasteiger partial charge in [-0.25, -0.2) is 0 Å². The Labute approximate surface area is 149 Å². The third-order valence-electron chi connectivity index (χ3n) is 7.84. The van der Waals surface area contributed by atoms with Gasteiger partial charge in [0.15, 0.2) is 5.79 Å². The van der Waals surface area contributed by atoms with Crippen molar-refractivity contribution >= 4 is 0 Å². The van der Waals surface area contributed by atoms with Crippen molar-refractivity contribution in [3.05, 3.63) is 29.3 Å². The number of rotatable bonds is 0. The normalized spacial score (nSPS) is 44.4. The van der Waals surface area contributed by atoms with Crippen molar-refractivity contribution in [2.75, 3.05) is 13.2 Å². The Morgan fingerprint density at radius 2 is 1.96 bits per heavy atom. The number of aliphatic hydroxyl groups excluding tert-OH is 1. The maximum absolute atomic E-state index is 11.2. The molecule has 25 heavy (non-hydrogen) atoms. The molecule has 5 rings (SSSR count). The van der Waals surface area contributed by atoms with Gasteiger partial charge in [0.2, 0.25) is 0 Å². The minimum absolute atomic E-state index is 0.118. The van der Waals surface area contributed by atoms with Crippen LogP contribution in [0.4, 0.5) is 0 Å². The van der Waals surface area contributed by atoms with E-state index in [4.69, 9.17) is 9.47 Å². The van der Waals surface area contributed by atoms with Crippen LogP contribution in [0.3, 0.4) is 0 Å². The molecule has 1 aromatic carbocycles. The summed E-state index contributed by atoms with van der Waals surface area (Å²) in [5, 5.41) is 21.1. The van der Waals surface area contributed by atoms with E-state index < -0.39 is 5.79 Å². The van der Waals surface area contributed by atoms with Crippen molar-refractivity contribution in [3.8, 4) is 5.75 Å². The lowest BCUT2D eigenvalue weighted by Crippen LogP contribution is -2.56. The van der Waals surface area contributed by atoms with Crippen LogP contribution in [0.1, 0.15) is 50.2 Å². The van der Waals surface area contributed by atoms with Gasteiger partial charge in [-0.05, 0) is 60.3 Å². The van der Waals surface area contributed by atoms with Crippen molar-refractivity contribution in [3.63, 3.8) is 0 Å². The zero-order valence-corrected chi connectivity index (χ0v) is 15.1. The Morgan fingerprint density at radius 1 is 1.20 bits per heavy atom. The molecule has 2 saturated carbocycles. The molecule has 0 bridgehead atoms. The monoisotopic (exact) mass is 344 g/mol. The number of aromatic hydroxyl groups is 1. The smallest absolute Gasteiger partial charge is 0.174 e. The number of ether oxygens (including phenoxy) is 2. The van der Waals surface area contributed by atoms with Gasteiger partial charge in [-0.3, -0.25) is 0 Å². The van der Waals surface area contributed by atoms with Crippen molar-refractivity contribution in [1.29, 1.82) is 0 Å². The third-order valence-corrected chi connectivity index (χ3v) is 7.84. The van der Waals surface area contributed by atoms with Crippen LogP contribution in [0.15, 0.2) is 18.2 Å². The van der Waals surface area contributed by atoms with Gasteiger partial charge in [0, 0.05) is 17.8 Å². The fraction of sp³-hybridized carbons (Fsp3) is 0.714. The highest BCUT2D eigenvalue weighted by Crippen LogP contribution is 2.67. The average molecular weight is 344 g/mol. The van der Waals surface area contributed by atoms with Crippen molar-refractivity contribution in [2.24, 2.45) is 23.2 Å². The summed E-state index contributed by atoms with van der Waals surface area (Å²) in [5.41, 5.74) is 2.33. The SMILES string of the molecule is C[C@@H]1Cc2cc(O)ccc2[C@@H]2[C@@H]1[C@@H]1CCC3(OCCO3)[C@@]1(C)C[C@@H]2O. The first-order chi connectivity index (χ1) is 12.0. The van der Waals surface area contributed by atoms with Gasteiger partial charge in [-0.15, -0.1) is 0 Å². The summed E-state index contributed by atoms with van der Waals surface area (Å²) in [5.74, 6) is 1.43. The van der Waals surface area contributed by atoms with Crippen LogP contribution < -0.4 is 0 Å². The molecule has 0 aromatic heterocycles. The zero-order valence-electron chi connectivity index (χ0n) is 15.1. The fourth-order valence-corrected chi connectivity index (χ4v) is 6.90. The van der Waals surface area contributed by atoms with Gasteiger partial charge in [0.1, 0.15) is 5.75 Å². The minimum atomic E-state index is -0.488. The van der Waals surface area contributed by atoms with Crippen LogP contribution in [-0.2, 0) is 15.9 Å². The predicted molar refractivity (Wildman–Crippen MR) is 93.3 cm³/mol. The molecule has 0 amide bonds. The summed E-state index contributed by atoms with van der Waals surface area (Å²) in [6.07, 6.45) is 3.37. The maximum atomic E-state index is 11.2. The second-order valence-electron chi connectivity index (χ2n) is 8.95. The Morgan fingerprint density at radius 3 is 2.72 bits per heavy atom. The van der Waals surface area contributed by atoms with E-state index in [0.717, 1.165) is 25.7 Å². The van der Waals surface area contributed by atoms with Gasteiger partial charge in [0.05, 0.1) is 19.3 Å². The highest BCUT2D eigenvalue weighted by atomic mass is 16.7. The molecule has 3 aliphatic carbocycles. The summed E-state index contributed by atoms with van der Waals surface area (Å²) in [6, 6.07) is 5.70. The molecule has 4 aliphatic rings. The highest BCUT2D eigenvalue weighted by Gasteiger charge is 2.67. The van der Waals surface area contributed by atoms with E-state index in [2.05, 4.69) is 13.8 Å². The van der Waals surface area contributed by atoms with Crippen molar-refractivity contribution in [2.45, 2.75) is 57.3 Å². The summed E-state index contributed by atoms with van der Waals surface area (Å²) in [6.45, 7) is 5.94. The second kappa shape index (κ2) is 5.21. The van der Waals surface area contributed by atoms with Gasteiger partial charge >= 0.3 is 0 Å². The Hall–Kier alpha value is -1.10. The summed E-state index contributed by atoms with van der Waals surface area (Å²) in [4.78, 5) is 0. The van der Waals surface area contributed by atoms with E-state index in [1.165, 1.54) is 11.1 Å². The van der Waals surface area contributed by atoms with Gasteiger partial charge in [-0.1, -0.05) is 19.9 Å². The first-order valence-corrected chi connectivity index (χ1v) is 9.73. The van der Waals surface area contributed by atoms with Gasteiger partial charge in [0.25, 0.3) is 0 Å². The van der Waals surface area contributed by atoms with Gasteiger partial charge in [-0.2, -0.15) is 0 Å². The van der Waals surface area contributed by atoms with Crippen molar-refractivity contribution < 1.29 is 19.7 Å². The van der Waals surface area contributed by atoms with Crippen LogP contribution >= 0.6 is 0 Å². The van der Waals surface area contributed by atoms with Gasteiger partial charge < -0.3 is 19.7 Å². The molecule has 0 radical (unpaired) electrons. The largest absolute Gasteiger partial charge is 0.508 e. The number of hydrogen-bond acceptors (Lipinski definition) is 4. The standard InChI is InChI=1S/C21H28O4/c1-12-9-13-10-14(22)3-4-15(13)19-17(23)11-20(2)16(18(12)19)5-6-21(20)24-7-8-25-21/h3-4,10,12,16-19,22-23H,5-9,11H2,1-2H3/t12-,16+,17+,18+,19+,20+/m1/s1. The molecule has 1 aromatic rings. The summed E-state index contributed by atoms with van der Waals surface area (Å²) >= 11 is 0. The summed E-state index contributed by atoms with van der Waals surface area (Å²) < 4.78 is 12.3. The summed E-state index contributed by atoms with van der Waals surface area (Å²) in [7, 11) is 0. The number of hydrogen-bond donors (Lipinski definition) is 2. The molecule has 1 aliphatic heterocycles. The van der Waals surface area contributed by atoms with E-state index in [9.17, 15) is 10.2 Å². The Balaban J connectivity index is 1.59. The molecule has 6 atom stereocenters. The molecule has 4 nitrogen and oxygen atoms in total. The molecule has 2 N–H and O–H groups in total. The second-order valence-corrected chi connectivity index (χ2v) is 8.95. The Bertz CT molecular complexity index is 695. The molecule has 4 heteroatoms. The molecule has 1 heterocycles. The first kappa shape index (κ1) is 16.1. The molecule has 0 unspecified atom stereocenters. The fourth-order valence-electron chi connectivity index (χ4n) is 6.90. The average Bonchev–Trinajstić information content (AvgIpc) is 3.14. The van der Waals surface area contributed by atoms with E-state index in [0.29, 0.717) is 36.7 Å². The topological polar surface area (TPSA) is 58.9 Å². The van der Waals surface area contributed by atoms with Crippen LogP contribution in [0, 0.1) is 23.2 Å². The van der Waals surface area contributed by atoms with Crippen LogP contribution in [-0.4, -0.2) is 35.3 Å². The predicted octanol–water partition coefficient (Wildman–Crippen LogP) is 3.21. The van der Waals surface area contributed by atoms with E-state index in [-0.39, 0.29) is 17.4 Å². The number of phenols is 1. The zero-order chi connectivity index (χ0) is 17.4. The molecular formula is C21H28O4. The number of aliphatic hydroxyl groups is 1. The van der Waals surface area contributed by atoms with Crippen LogP contribution in [0.5, 0.6) is 5.75 Å².